The van der Waals surface area contributed by atoms with Gasteiger partial charge in [0.25, 0.3) is 0 Å². The van der Waals surface area contributed by atoms with Gasteiger partial charge < -0.3 is 14.6 Å². The highest BCUT2D eigenvalue weighted by Gasteiger charge is 2.16. The fourth-order valence-corrected chi connectivity index (χ4v) is 0.879. The molecule has 0 rings (SSSR count). The van der Waals surface area contributed by atoms with Crippen molar-refractivity contribution in [2.45, 2.75) is 18.9 Å². The van der Waals surface area contributed by atoms with Crippen molar-refractivity contribution in [2.24, 2.45) is 0 Å². The van der Waals surface area contributed by atoms with Gasteiger partial charge in [-0.15, -0.1) is 0 Å². The Hall–Kier alpha value is -1.62. The van der Waals surface area contributed by atoms with Crippen LogP contribution in [0.2, 0.25) is 0 Å². The second-order valence-corrected chi connectivity index (χ2v) is 3.01. The van der Waals surface area contributed by atoms with Gasteiger partial charge in [-0.1, -0.05) is 25.3 Å². The van der Waals surface area contributed by atoms with E-state index < -0.39 is 18.0 Å². The van der Waals surface area contributed by atoms with Crippen LogP contribution in [0.4, 0.5) is 0 Å². The minimum atomic E-state index is -1.09. The molecule has 0 saturated heterocycles. The number of hydrogen-bond donors (Lipinski definition) is 1. The molecule has 0 spiro atoms. The molecule has 0 radical (unpaired) electrons. The Bertz CT molecular complexity index is 233. The molecule has 16 heavy (non-hydrogen) atoms. The van der Waals surface area contributed by atoms with Gasteiger partial charge in [0.15, 0.2) is 0 Å². The molecule has 0 aromatic carbocycles. The number of rotatable bonds is 8. The molecule has 0 saturated carbocycles. The van der Waals surface area contributed by atoms with E-state index in [0.717, 1.165) is 0 Å². The van der Waals surface area contributed by atoms with Crippen molar-refractivity contribution in [3.8, 4) is 0 Å². The molecule has 0 bridgehead atoms. The Labute approximate surface area is 94.4 Å². The van der Waals surface area contributed by atoms with Crippen molar-refractivity contribution >= 4 is 11.9 Å². The van der Waals surface area contributed by atoms with Gasteiger partial charge in [-0.05, 0) is 0 Å². The molecule has 90 valence electrons. The van der Waals surface area contributed by atoms with E-state index in [9.17, 15) is 14.7 Å². The van der Waals surface area contributed by atoms with Gasteiger partial charge >= 0.3 is 11.9 Å². The molecule has 5 heteroatoms. The van der Waals surface area contributed by atoms with Crippen molar-refractivity contribution in [1.82, 2.24) is 0 Å². The van der Waals surface area contributed by atoms with Crippen LogP contribution in [0.3, 0.4) is 0 Å². The number of ether oxygens (including phenoxy) is 2. The van der Waals surface area contributed by atoms with Crippen LogP contribution in [0.25, 0.3) is 0 Å². The van der Waals surface area contributed by atoms with Crippen LogP contribution in [-0.4, -0.2) is 36.4 Å². The molecule has 5 nitrogen and oxygen atoms in total. The molecule has 0 unspecified atom stereocenters. The average Bonchev–Trinajstić information content (AvgIpc) is 2.23. The maximum absolute atomic E-state index is 11.0. The minimum absolute atomic E-state index is 0.0897. The van der Waals surface area contributed by atoms with E-state index in [1.165, 1.54) is 12.2 Å². The predicted molar refractivity (Wildman–Crippen MR) is 57.6 cm³/mol. The lowest BCUT2D eigenvalue weighted by Gasteiger charge is -2.08. The third-order valence-electron chi connectivity index (χ3n) is 1.53. The Kier molecular flexibility index (Phi) is 7.79. The molecule has 0 aliphatic rings. The molecule has 0 aliphatic carbocycles. The smallest absolute Gasteiger partial charge is 0.308 e. The molecular weight excluding hydrogens is 212 g/mol. The highest BCUT2D eigenvalue weighted by atomic mass is 16.5. The fraction of sp³-hybridized carbons (Fsp3) is 0.455. The summed E-state index contributed by atoms with van der Waals surface area (Å²) >= 11 is 0. The lowest BCUT2D eigenvalue weighted by molar-refractivity contribution is -0.148. The van der Waals surface area contributed by atoms with Gasteiger partial charge in [0.2, 0.25) is 0 Å². The lowest BCUT2D eigenvalue weighted by atomic mass is 10.2. The summed E-state index contributed by atoms with van der Waals surface area (Å²) in [7, 11) is 0. The van der Waals surface area contributed by atoms with Crippen molar-refractivity contribution in [3.63, 3.8) is 0 Å². The van der Waals surface area contributed by atoms with E-state index in [0.29, 0.717) is 0 Å². The van der Waals surface area contributed by atoms with Crippen LogP contribution < -0.4 is 0 Å². The fourth-order valence-electron chi connectivity index (χ4n) is 0.879. The van der Waals surface area contributed by atoms with Crippen molar-refractivity contribution < 1.29 is 24.2 Å². The van der Waals surface area contributed by atoms with Crippen molar-refractivity contribution in [2.75, 3.05) is 13.2 Å². The first-order valence-corrected chi connectivity index (χ1v) is 4.81. The Morgan fingerprint density at radius 1 is 1.06 bits per heavy atom. The zero-order chi connectivity index (χ0) is 12.4. The van der Waals surface area contributed by atoms with E-state index in [2.05, 4.69) is 22.6 Å². The third kappa shape index (κ3) is 7.75. The standard InChI is InChI=1S/C11H16O5/c1-3-5-15-10(13)7-9(12)8-11(14)16-6-4-2/h3-4,9,12H,1-2,5-8H2. The summed E-state index contributed by atoms with van der Waals surface area (Å²) in [6, 6.07) is 0. The highest BCUT2D eigenvalue weighted by Crippen LogP contribution is 2.01. The molecule has 0 aromatic heterocycles. The van der Waals surface area contributed by atoms with Crippen LogP contribution in [0.5, 0.6) is 0 Å². The summed E-state index contributed by atoms with van der Waals surface area (Å²) in [6.07, 6.45) is 1.27. The minimum Gasteiger partial charge on any atom is -0.461 e. The first-order chi connectivity index (χ1) is 7.60. The van der Waals surface area contributed by atoms with Crippen LogP contribution in [0, 0.1) is 0 Å². The first-order valence-electron chi connectivity index (χ1n) is 4.81. The Morgan fingerprint density at radius 3 is 1.75 bits per heavy atom. The van der Waals surface area contributed by atoms with E-state index in [4.69, 9.17) is 0 Å². The molecule has 1 N–H and O–H groups in total. The first kappa shape index (κ1) is 14.4. The SMILES string of the molecule is C=CCOC(=O)CC(O)CC(=O)OCC=C. The predicted octanol–water partition coefficient (Wildman–Crippen LogP) is 0.586. The number of carbonyl (C=O) groups is 2. The quantitative estimate of drug-likeness (QED) is 0.486. The molecule has 0 amide bonds. The van der Waals surface area contributed by atoms with Crippen LogP contribution in [-0.2, 0) is 19.1 Å². The van der Waals surface area contributed by atoms with Gasteiger partial charge in [0.1, 0.15) is 13.2 Å². The van der Waals surface area contributed by atoms with Gasteiger partial charge in [-0.25, -0.2) is 0 Å². The van der Waals surface area contributed by atoms with Gasteiger partial charge in [-0.2, -0.15) is 0 Å². The summed E-state index contributed by atoms with van der Waals surface area (Å²) in [5, 5.41) is 9.34. The maximum Gasteiger partial charge on any atom is 0.308 e. The number of aliphatic hydroxyl groups is 1. The topological polar surface area (TPSA) is 72.8 Å². The van der Waals surface area contributed by atoms with Crippen molar-refractivity contribution in [3.05, 3.63) is 25.3 Å². The Balaban J connectivity index is 3.75. The van der Waals surface area contributed by atoms with Gasteiger partial charge in [0, 0.05) is 0 Å². The number of hydrogen-bond acceptors (Lipinski definition) is 5. The van der Waals surface area contributed by atoms with E-state index in [1.54, 1.807) is 0 Å². The van der Waals surface area contributed by atoms with Crippen molar-refractivity contribution in [1.29, 1.82) is 0 Å². The molecule has 0 aromatic rings. The van der Waals surface area contributed by atoms with Gasteiger partial charge in [0.05, 0.1) is 18.9 Å². The highest BCUT2D eigenvalue weighted by molar-refractivity contribution is 5.73. The van der Waals surface area contributed by atoms with Gasteiger partial charge in [-0.3, -0.25) is 9.59 Å². The van der Waals surface area contributed by atoms with E-state index >= 15 is 0 Å². The summed E-state index contributed by atoms with van der Waals surface area (Å²) in [4.78, 5) is 22.0. The maximum atomic E-state index is 11.0. The van der Waals surface area contributed by atoms with E-state index in [-0.39, 0.29) is 26.1 Å². The largest absolute Gasteiger partial charge is 0.461 e. The zero-order valence-corrected chi connectivity index (χ0v) is 9.05. The zero-order valence-electron chi connectivity index (χ0n) is 9.05. The summed E-state index contributed by atoms with van der Waals surface area (Å²) < 4.78 is 9.28. The number of carbonyl (C=O) groups excluding carboxylic acids is 2. The second-order valence-electron chi connectivity index (χ2n) is 3.01. The number of aliphatic hydroxyl groups excluding tert-OH is 1. The second kappa shape index (κ2) is 8.67. The monoisotopic (exact) mass is 228 g/mol. The molecule has 0 heterocycles. The summed E-state index contributed by atoms with van der Waals surface area (Å²) in [5.74, 6) is -1.16. The molecule has 0 atom stereocenters. The molecule has 0 fully saturated rings. The molecular formula is C11H16O5. The average molecular weight is 228 g/mol. The van der Waals surface area contributed by atoms with Crippen LogP contribution in [0.1, 0.15) is 12.8 Å². The normalized spacial score (nSPS) is 9.62. The van der Waals surface area contributed by atoms with E-state index in [1.807, 2.05) is 0 Å². The summed E-state index contributed by atoms with van der Waals surface area (Å²) in [5.41, 5.74) is 0. The summed E-state index contributed by atoms with van der Waals surface area (Å²) in [6.45, 7) is 6.92. The number of esters is 2. The molecule has 0 aliphatic heterocycles. The Morgan fingerprint density at radius 2 is 1.44 bits per heavy atom. The van der Waals surface area contributed by atoms with Crippen LogP contribution in [0.15, 0.2) is 25.3 Å². The lowest BCUT2D eigenvalue weighted by Crippen LogP contribution is -2.20. The van der Waals surface area contributed by atoms with Crippen LogP contribution >= 0.6 is 0 Å². The third-order valence-corrected chi connectivity index (χ3v) is 1.53.